The summed E-state index contributed by atoms with van der Waals surface area (Å²) in [7, 11) is 0. The topological polar surface area (TPSA) is 26.3 Å². The Kier molecular flexibility index (Phi) is 12.4. The van der Waals surface area contributed by atoms with Gasteiger partial charge in [-0.05, 0) is 24.8 Å². The van der Waals surface area contributed by atoms with Crippen molar-refractivity contribution in [2.75, 3.05) is 0 Å². The highest BCUT2D eigenvalue weighted by molar-refractivity contribution is 5.74. The predicted molar refractivity (Wildman–Crippen MR) is 47.5 cm³/mol. The van der Waals surface area contributed by atoms with Crippen molar-refractivity contribution in [3.8, 4) is 0 Å². The number of hydrogen-bond donors (Lipinski definition) is 0. The molecular formula is C9H19FO2. The SMILES string of the molecule is CCC(C)=O.CCCC(C)OF. The Morgan fingerprint density at radius 2 is 1.92 bits per heavy atom. The Labute approximate surface area is 74.0 Å². The zero-order chi connectivity index (χ0) is 9.98. The molecule has 0 aliphatic heterocycles. The second-order valence-electron chi connectivity index (χ2n) is 2.74. The zero-order valence-electron chi connectivity index (χ0n) is 8.39. The molecule has 2 nitrogen and oxygen atoms in total. The number of ketones is 1. The molecule has 12 heavy (non-hydrogen) atoms. The van der Waals surface area contributed by atoms with E-state index in [1.165, 1.54) is 0 Å². The van der Waals surface area contributed by atoms with Gasteiger partial charge in [0.1, 0.15) is 5.78 Å². The fourth-order valence-corrected chi connectivity index (χ4v) is 0.451. The van der Waals surface area contributed by atoms with Gasteiger partial charge in [-0.15, -0.1) is 0 Å². The first-order chi connectivity index (χ1) is 5.58. The first-order valence-electron chi connectivity index (χ1n) is 4.35. The fourth-order valence-electron chi connectivity index (χ4n) is 0.451. The van der Waals surface area contributed by atoms with E-state index in [-0.39, 0.29) is 11.9 Å². The normalized spacial score (nSPS) is 11.4. The molecule has 0 aliphatic carbocycles. The highest BCUT2D eigenvalue weighted by Crippen LogP contribution is 1.99. The van der Waals surface area contributed by atoms with Crippen molar-refractivity contribution < 1.29 is 14.3 Å². The molecule has 1 unspecified atom stereocenters. The Balaban J connectivity index is 0. The maximum atomic E-state index is 11.1. The van der Waals surface area contributed by atoms with Gasteiger partial charge in [0.25, 0.3) is 0 Å². The van der Waals surface area contributed by atoms with E-state index in [2.05, 4.69) is 4.94 Å². The van der Waals surface area contributed by atoms with E-state index in [0.29, 0.717) is 6.42 Å². The number of Topliss-reactive ketones (excluding diaryl/α,β-unsaturated/α-hetero) is 1. The summed E-state index contributed by atoms with van der Waals surface area (Å²) in [6.07, 6.45) is 2.23. The smallest absolute Gasteiger partial charge is 0.129 e. The van der Waals surface area contributed by atoms with Crippen molar-refractivity contribution in [3.63, 3.8) is 0 Å². The molecule has 0 fully saturated rings. The van der Waals surface area contributed by atoms with Gasteiger partial charge in [0, 0.05) is 6.42 Å². The first kappa shape index (κ1) is 14.1. The number of carbonyl (C=O) groups is 1. The van der Waals surface area contributed by atoms with Crippen molar-refractivity contribution in [1.82, 2.24) is 0 Å². The summed E-state index contributed by atoms with van der Waals surface area (Å²) in [5, 5.41) is 0. The van der Waals surface area contributed by atoms with Crippen LogP contribution in [0.5, 0.6) is 0 Å². The van der Waals surface area contributed by atoms with Crippen LogP contribution in [0.1, 0.15) is 47.0 Å². The summed E-state index contributed by atoms with van der Waals surface area (Å²) in [6, 6.07) is 0. The first-order valence-corrected chi connectivity index (χ1v) is 4.35. The van der Waals surface area contributed by atoms with Gasteiger partial charge in [-0.1, -0.05) is 20.3 Å². The minimum atomic E-state index is -0.218. The molecule has 0 amide bonds. The monoisotopic (exact) mass is 178 g/mol. The van der Waals surface area contributed by atoms with Crippen LogP contribution in [0.2, 0.25) is 0 Å². The lowest BCUT2D eigenvalue weighted by atomic mass is 10.2. The molecule has 0 bridgehead atoms. The lowest BCUT2D eigenvalue weighted by Crippen LogP contribution is -1.99. The summed E-state index contributed by atoms with van der Waals surface area (Å²) >= 11 is 0. The van der Waals surface area contributed by atoms with E-state index in [1.807, 2.05) is 13.8 Å². The van der Waals surface area contributed by atoms with Crippen molar-refractivity contribution >= 4 is 5.78 Å². The Bertz CT molecular complexity index is 105. The second-order valence-corrected chi connectivity index (χ2v) is 2.74. The van der Waals surface area contributed by atoms with Crippen LogP contribution >= 0.6 is 0 Å². The highest BCUT2D eigenvalue weighted by Gasteiger charge is 1.96. The lowest BCUT2D eigenvalue weighted by molar-refractivity contribution is -0.174. The van der Waals surface area contributed by atoms with Crippen molar-refractivity contribution in [1.29, 1.82) is 0 Å². The molecule has 0 rings (SSSR count). The van der Waals surface area contributed by atoms with Gasteiger partial charge in [0.2, 0.25) is 0 Å². The van der Waals surface area contributed by atoms with Crippen molar-refractivity contribution in [3.05, 3.63) is 0 Å². The van der Waals surface area contributed by atoms with E-state index in [0.717, 1.165) is 12.8 Å². The molecule has 0 N–H and O–H groups in total. The number of carbonyl (C=O) groups excluding carboxylic acids is 1. The van der Waals surface area contributed by atoms with Crippen molar-refractivity contribution in [2.24, 2.45) is 0 Å². The maximum Gasteiger partial charge on any atom is 0.129 e. The van der Waals surface area contributed by atoms with Gasteiger partial charge in [-0.2, -0.15) is 4.94 Å². The number of halogens is 1. The summed E-state index contributed by atoms with van der Waals surface area (Å²) in [6.45, 7) is 7.14. The van der Waals surface area contributed by atoms with E-state index < -0.39 is 0 Å². The third-order valence-electron chi connectivity index (χ3n) is 1.35. The van der Waals surface area contributed by atoms with E-state index in [1.54, 1.807) is 13.8 Å². The number of hydrogen-bond acceptors (Lipinski definition) is 2. The van der Waals surface area contributed by atoms with Gasteiger partial charge in [-0.25, -0.2) is 0 Å². The fraction of sp³-hybridized carbons (Fsp3) is 0.889. The molecule has 74 valence electrons. The number of rotatable bonds is 4. The second kappa shape index (κ2) is 10.6. The van der Waals surface area contributed by atoms with Gasteiger partial charge in [0.05, 0.1) is 6.10 Å². The molecule has 0 aromatic rings. The van der Waals surface area contributed by atoms with Gasteiger partial charge < -0.3 is 4.79 Å². The molecule has 0 saturated heterocycles. The highest BCUT2D eigenvalue weighted by atomic mass is 19.3. The Hall–Kier alpha value is -0.440. The van der Waals surface area contributed by atoms with Gasteiger partial charge in [0.15, 0.2) is 0 Å². The molecule has 0 aliphatic rings. The molecule has 0 heterocycles. The summed E-state index contributed by atoms with van der Waals surface area (Å²) in [4.78, 5) is 13.3. The Morgan fingerprint density at radius 3 is 2.00 bits per heavy atom. The molecule has 0 radical (unpaired) electrons. The average molecular weight is 178 g/mol. The lowest BCUT2D eigenvalue weighted by Gasteiger charge is -1.99. The predicted octanol–water partition coefficient (Wildman–Crippen LogP) is 3.06. The van der Waals surface area contributed by atoms with Crippen molar-refractivity contribution in [2.45, 2.75) is 53.1 Å². The summed E-state index contributed by atoms with van der Waals surface area (Å²) in [5.41, 5.74) is 0. The van der Waals surface area contributed by atoms with Crippen LogP contribution in [0.15, 0.2) is 0 Å². The quantitative estimate of drug-likeness (QED) is 0.661. The molecule has 0 aromatic heterocycles. The van der Waals surface area contributed by atoms with Gasteiger partial charge >= 0.3 is 0 Å². The Morgan fingerprint density at radius 1 is 1.50 bits per heavy atom. The standard InChI is InChI=1S/C5H11FO.C4H8O/c1-3-4-5(2)7-6;1-3-4(2)5/h5H,3-4H2,1-2H3;3H2,1-2H3. The summed E-state index contributed by atoms with van der Waals surface area (Å²) in [5.74, 6) is 0.255. The van der Waals surface area contributed by atoms with E-state index in [4.69, 9.17) is 0 Å². The minimum Gasteiger partial charge on any atom is -0.300 e. The molecular weight excluding hydrogens is 159 g/mol. The molecule has 0 aromatic carbocycles. The van der Waals surface area contributed by atoms with Crippen LogP contribution in [0, 0.1) is 0 Å². The molecule has 1 atom stereocenters. The minimum absolute atomic E-state index is 0.218. The zero-order valence-corrected chi connectivity index (χ0v) is 8.39. The van der Waals surface area contributed by atoms with Crippen LogP contribution in [-0.2, 0) is 9.74 Å². The third kappa shape index (κ3) is 16.3. The van der Waals surface area contributed by atoms with Crippen LogP contribution in [0.3, 0.4) is 0 Å². The van der Waals surface area contributed by atoms with Gasteiger partial charge in [-0.3, -0.25) is 0 Å². The maximum absolute atomic E-state index is 11.1. The third-order valence-corrected chi connectivity index (χ3v) is 1.35. The van der Waals surface area contributed by atoms with Crippen LogP contribution in [0.4, 0.5) is 4.53 Å². The average Bonchev–Trinajstić information content (AvgIpc) is 2.06. The van der Waals surface area contributed by atoms with E-state index >= 15 is 0 Å². The van der Waals surface area contributed by atoms with Crippen LogP contribution in [0.25, 0.3) is 0 Å². The largest absolute Gasteiger partial charge is 0.300 e. The molecule has 0 spiro atoms. The molecule has 3 heteroatoms. The van der Waals surface area contributed by atoms with Crippen LogP contribution < -0.4 is 0 Å². The van der Waals surface area contributed by atoms with Crippen LogP contribution in [-0.4, -0.2) is 11.9 Å². The van der Waals surface area contributed by atoms with E-state index in [9.17, 15) is 9.32 Å². The summed E-state index contributed by atoms with van der Waals surface area (Å²) < 4.78 is 11.1. The molecule has 0 saturated carbocycles.